The molecule has 3 aromatic rings. The number of allylic oxidation sites excluding steroid dienone is 3. The summed E-state index contributed by atoms with van der Waals surface area (Å²) in [7, 11) is 1.31. The molecule has 4 rings (SSSR count). The number of aromatic nitrogens is 2. The lowest BCUT2D eigenvalue weighted by Gasteiger charge is -2.16. The number of aryl methyl sites for hydroxylation is 2. The van der Waals surface area contributed by atoms with Gasteiger partial charge in [-0.25, -0.2) is 15.0 Å². The van der Waals surface area contributed by atoms with E-state index in [0.29, 0.717) is 35.2 Å². The summed E-state index contributed by atoms with van der Waals surface area (Å²) in [5.41, 5.74) is 8.97. The van der Waals surface area contributed by atoms with Gasteiger partial charge in [0.2, 0.25) is 0 Å². The van der Waals surface area contributed by atoms with Gasteiger partial charge in [-0.1, -0.05) is 44.2 Å². The van der Waals surface area contributed by atoms with E-state index in [0.717, 1.165) is 16.3 Å². The Morgan fingerprint density at radius 2 is 1.70 bits per heavy atom. The number of benzene rings is 2. The Hall–Kier alpha value is -5.30. The van der Waals surface area contributed by atoms with Crippen molar-refractivity contribution in [2.75, 3.05) is 7.11 Å². The zero-order valence-corrected chi connectivity index (χ0v) is 27.9. The fourth-order valence-electron chi connectivity index (χ4n) is 4.35. The summed E-state index contributed by atoms with van der Waals surface area (Å²) in [6.45, 7) is 11.3. The molecular formula is C34H44FN7O5. The molecule has 1 atom stereocenters. The number of fused-ring (bicyclic) bond motifs is 1. The molecule has 6 N–H and O–H groups in total. The number of amides is 2. The summed E-state index contributed by atoms with van der Waals surface area (Å²) in [6.07, 6.45) is 6.50. The van der Waals surface area contributed by atoms with E-state index < -0.39 is 17.8 Å². The molecule has 0 saturated carbocycles. The molecule has 0 radical (unpaired) electrons. The van der Waals surface area contributed by atoms with Crippen molar-refractivity contribution < 1.29 is 28.3 Å². The third-order valence-electron chi connectivity index (χ3n) is 6.64. The normalized spacial score (nSPS) is 13.3. The SMILES string of the molecule is C/C=C\C.CC.COC(=O)c1ccc2c(c1)CCC2NC(=O)c1cc(C(=O)NCc2ccc(F)c(C)c2)nc(ON(N)/C=C(/C)N)n1. The largest absolute Gasteiger partial charge is 0.465 e. The van der Waals surface area contributed by atoms with Crippen molar-refractivity contribution in [1.29, 1.82) is 0 Å². The number of nitrogens with zero attached hydrogens (tertiary/aromatic N) is 3. The standard InChI is InChI=1S/C28H30FN7O5.C4H8.C2H6/c1-15-10-17(4-8-21(15)29)13-32-25(37)23-12-24(35-28(34-23)41-36(31)14-16(2)30)26(38)33-22-9-6-18-11-19(27(39)40-3)5-7-20(18)22;1-3-4-2;1-2/h4-5,7-8,10-12,14,22H,6,9,13,30-31H2,1-3H3,(H,32,37)(H,33,38);3-4H,1-2H3;1-2H3/b16-14-;4-3-;. The van der Waals surface area contributed by atoms with Crippen LogP contribution in [0, 0.1) is 12.7 Å². The van der Waals surface area contributed by atoms with E-state index in [1.165, 1.54) is 25.4 Å². The molecule has 12 nitrogen and oxygen atoms in total. The quantitative estimate of drug-likeness (QED) is 0.107. The molecule has 252 valence electrons. The van der Waals surface area contributed by atoms with Crippen LogP contribution in [0.15, 0.2) is 66.5 Å². The second-order valence-electron chi connectivity index (χ2n) is 10.1. The first kappa shape index (κ1) is 37.9. The van der Waals surface area contributed by atoms with Gasteiger partial charge in [0.15, 0.2) is 0 Å². The summed E-state index contributed by atoms with van der Waals surface area (Å²) in [5.74, 6) is 3.76. The summed E-state index contributed by atoms with van der Waals surface area (Å²) >= 11 is 0. The number of hydrogen-bond donors (Lipinski definition) is 4. The number of carbonyl (C=O) groups excluding carboxylic acids is 3. The van der Waals surface area contributed by atoms with Gasteiger partial charge in [-0.05, 0) is 81.0 Å². The molecule has 1 aliphatic rings. The number of hydrazine groups is 1. The monoisotopic (exact) mass is 649 g/mol. The highest BCUT2D eigenvalue weighted by atomic mass is 19.1. The molecule has 2 aromatic carbocycles. The first-order valence-corrected chi connectivity index (χ1v) is 15.1. The van der Waals surface area contributed by atoms with E-state index >= 15 is 0 Å². The van der Waals surface area contributed by atoms with Crippen LogP contribution in [-0.2, 0) is 17.7 Å². The molecule has 47 heavy (non-hydrogen) atoms. The number of esters is 1. The van der Waals surface area contributed by atoms with Gasteiger partial charge in [0.05, 0.1) is 24.9 Å². The van der Waals surface area contributed by atoms with Crippen LogP contribution in [0.3, 0.4) is 0 Å². The van der Waals surface area contributed by atoms with Crippen LogP contribution in [0.1, 0.15) is 101 Å². The van der Waals surface area contributed by atoms with Crippen molar-refractivity contribution in [2.45, 2.75) is 67.0 Å². The van der Waals surface area contributed by atoms with Gasteiger partial charge in [-0.3, -0.25) is 9.59 Å². The molecule has 0 bridgehead atoms. The minimum atomic E-state index is -0.621. The maximum absolute atomic E-state index is 13.6. The number of methoxy groups -OCH3 is 1. The Labute approximate surface area is 275 Å². The maximum Gasteiger partial charge on any atom is 0.346 e. The van der Waals surface area contributed by atoms with Gasteiger partial charge in [-0.2, -0.15) is 9.97 Å². The third-order valence-corrected chi connectivity index (χ3v) is 6.64. The Morgan fingerprint density at radius 1 is 1.04 bits per heavy atom. The smallest absolute Gasteiger partial charge is 0.346 e. The first-order valence-electron chi connectivity index (χ1n) is 15.1. The molecule has 0 spiro atoms. The average molecular weight is 650 g/mol. The number of ether oxygens (including phenoxy) is 1. The van der Waals surface area contributed by atoms with Crippen molar-refractivity contribution in [1.82, 2.24) is 25.8 Å². The highest BCUT2D eigenvalue weighted by Gasteiger charge is 2.27. The zero-order valence-electron chi connectivity index (χ0n) is 27.9. The zero-order chi connectivity index (χ0) is 35.1. The minimum Gasteiger partial charge on any atom is -0.465 e. The third kappa shape index (κ3) is 11.2. The lowest BCUT2D eigenvalue weighted by molar-refractivity contribution is -0.0200. The molecule has 13 heteroatoms. The molecule has 0 fully saturated rings. The first-order chi connectivity index (χ1) is 22.4. The summed E-state index contributed by atoms with van der Waals surface area (Å²) in [5, 5.41) is 6.36. The second-order valence-corrected chi connectivity index (χ2v) is 10.1. The maximum atomic E-state index is 13.6. The topological polar surface area (TPSA) is 175 Å². The van der Waals surface area contributed by atoms with E-state index in [4.69, 9.17) is 21.2 Å². The van der Waals surface area contributed by atoms with Crippen molar-refractivity contribution in [3.8, 4) is 6.01 Å². The number of hydrogen-bond acceptors (Lipinski definition) is 10. The van der Waals surface area contributed by atoms with Crippen LogP contribution in [0.4, 0.5) is 4.39 Å². The van der Waals surface area contributed by atoms with Crippen LogP contribution >= 0.6 is 0 Å². The van der Waals surface area contributed by atoms with Crippen molar-refractivity contribution >= 4 is 17.8 Å². The van der Waals surface area contributed by atoms with Crippen molar-refractivity contribution in [2.24, 2.45) is 11.6 Å². The summed E-state index contributed by atoms with van der Waals surface area (Å²) < 4.78 is 18.4. The van der Waals surface area contributed by atoms with Crippen molar-refractivity contribution in [3.63, 3.8) is 0 Å². The highest BCUT2D eigenvalue weighted by Crippen LogP contribution is 2.32. The summed E-state index contributed by atoms with van der Waals surface area (Å²) in [6, 6.07) is 10.2. The number of halogens is 1. The second kappa shape index (κ2) is 18.6. The van der Waals surface area contributed by atoms with E-state index in [1.807, 2.05) is 39.8 Å². The molecule has 0 saturated heterocycles. The lowest BCUT2D eigenvalue weighted by Crippen LogP contribution is -2.33. The highest BCUT2D eigenvalue weighted by molar-refractivity contribution is 5.97. The number of nitrogens with two attached hydrogens (primary N) is 2. The Balaban J connectivity index is 0.00000119. The number of rotatable bonds is 9. The van der Waals surface area contributed by atoms with Crippen LogP contribution in [0.25, 0.3) is 0 Å². The van der Waals surface area contributed by atoms with Crippen LogP contribution < -0.4 is 27.0 Å². The van der Waals surface area contributed by atoms with Gasteiger partial charge < -0.3 is 25.9 Å². The molecule has 2 amide bonds. The molecule has 1 unspecified atom stereocenters. The lowest BCUT2D eigenvalue weighted by atomic mass is 10.0. The summed E-state index contributed by atoms with van der Waals surface area (Å²) in [4.78, 5) is 51.8. The molecule has 1 aromatic heterocycles. The number of carbonyl (C=O) groups is 3. The van der Waals surface area contributed by atoms with Gasteiger partial charge >= 0.3 is 12.0 Å². The predicted octanol–water partition coefficient (Wildman–Crippen LogP) is 4.96. The van der Waals surface area contributed by atoms with Gasteiger partial charge in [0, 0.05) is 18.3 Å². The van der Waals surface area contributed by atoms with Gasteiger partial charge in [0.25, 0.3) is 11.8 Å². The molecule has 1 heterocycles. The fraction of sp³-hybridized carbons (Fsp3) is 0.324. The molecule has 1 aliphatic carbocycles. The van der Waals surface area contributed by atoms with E-state index in [1.54, 1.807) is 44.2 Å². The van der Waals surface area contributed by atoms with E-state index in [2.05, 4.69) is 20.6 Å². The van der Waals surface area contributed by atoms with Crippen LogP contribution in [0.2, 0.25) is 0 Å². The number of nitrogens with one attached hydrogen (secondary N) is 2. The molecule has 0 aliphatic heterocycles. The van der Waals surface area contributed by atoms with Gasteiger partial charge in [0.1, 0.15) is 17.2 Å². The molecular weight excluding hydrogens is 605 g/mol. The van der Waals surface area contributed by atoms with E-state index in [9.17, 15) is 18.8 Å². The predicted molar refractivity (Wildman–Crippen MR) is 177 cm³/mol. The Morgan fingerprint density at radius 3 is 2.30 bits per heavy atom. The van der Waals surface area contributed by atoms with Crippen molar-refractivity contribution in [3.05, 3.63) is 112 Å². The minimum absolute atomic E-state index is 0.0895. The Bertz CT molecular complexity index is 1600. The van der Waals surface area contributed by atoms with Gasteiger partial charge in [-0.15, -0.1) is 5.17 Å². The number of hydroxylamine groups is 1. The Kier molecular flexibility index (Phi) is 15.0. The van der Waals surface area contributed by atoms with Crippen LogP contribution in [0.5, 0.6) is 6.01 Å². The van der Waals surface area contributed by atoms with Crippen LogP contribution in [-0.4, -0.2) is 40.0 Å². The average Bonchev–Trinajstić information content (AvgIpc) is 3.46. The fourth-order valence-corrected chi connectivity index (χ4v) is 4.35. The van der Waals surface area contributed by atoms with E-state index in [-0.39, 0.29) is 35.8 Å².